The molecule has 6 heteroatoms. The molecule has 2 rings (SSSR count). The Balaban J connectivity index is 2.14. The van der Waals surface area contributed by atoms with E-state index in [1.54, 1.807) is 30.0 Å². The molecule has 0 aromatic heterocycles. The van der Waals surface area contributed by atoms with E-state index in [1.165, 1.54) is 6.07 Å². The number of halogens is 1. The second kappa shape index (κ2) is 7.75. The first-order valence-corrected chi connectivity index (χ1v) is 8.20. The number of nitrogens with zero attached hydrogens (tertiary/aromatic N) is 1. The van der Waals surface area contributed by atoms with Crippen molar-refractivity contribution in [3.63, 3.8) is 0 Å². The minimum absolute atomic E-state index is 0.148. The zero-order chi connectivity index (χ0) is 17.9. The van der Waals surface area contributed by atoms with Gasteiger partial charge in [-0.15, -0.1) is 0 Å². The lowest BCUT2D eigenvalue weighted by Crippen LogP contribution is -2.41. The maximum Gasteiger partial charge on any atom is 0.333 e. The van der Waals surface area contributed by atoms with Crippen LogP contribution in [0.2, 0.25) is 0 Å². The normalized spacial score (nSPS) is 23.5. The van der Waals surface area contributed by atoms with Crippen molar-refractivity contribution in [3.05, 3.63) is 35.6 Å². The molecule has 1 amide bonds. The number of carbonyl (C=O) groups excluding carboxylic acids is 1. The van der Waals surface area contributed by atoms with Crippen LogP contribution < -0.4 is 0 Å². The fourth-order valence-corrected chi connectivity index (χ4v) is 3.00. The average molecular weight is 337 g/mol. The number of ether oxygens (including phenoxy) is 1. The first kappa shape index (κ1) is 18.4. The van der Waals surface area contributed by atoms with Crippen LogP contribution in [0, 0.1) is 17.7 Å². The second-order valence-corrected chi connectivity index (χ2v) is 6.80. The fourth-order valence-electron chi connectivity index (χ4n) is 3.00. The molecule has 0 saturated carbocycles. The zero-order valence-electron chi connectivity index (χ0n) is 14.2. The van der Waals surface area contributed by atoms with Crippen molar-refractivity contribution >= 4 is 11.9 Å². The van der Waals surface area contributed by atoms with Gasteiger partial charge in [0.05, 0.1) is 0 Å². The molecule has 1 heterocycles. The smallest absolute Gasteiger partial charge is 0.333 e. The largest absolute Gasteiger partial charge is 0.479 e. The maximum atomic E-state index is 13.9. The van der Waals surface area contributed by atoms with Gasteiger partial charge in [0.25, 0.3) is 5.91 Å². The first-order valence-electron chi connectivity index (χ1n) is 8.20. The molecule has 0 aliphatic carbocycles. The molecule has 132 valence electrons. The molecule has 1 N–H and O–H groups in total. The molecule has 24 heavy (non-hydrogen) atoms. The topological polar surface area (TPSA) is 66.8 Å². The molecule has 1 saturated heterocycles. The zero-order valence-corrected chi connectivity index (χ0v) is 14.2. The highest BCUT2D eigenvalue weighted by Crippen LogP contribution is 2.28. The standard InChI is InChI=1S/C18H24FNO4/c1-11(2)9-20(10-13-6-4-5-7-14(13)19)17(21)15-8-12(3)16(24-15)18(22)23/h4-7,11-12,15-16H,8-10H2,1-3H3,(H,22,23)/t12-,15-,16-/m0/s1. The van der Waals surface area contributed by atoms with Gasteiger partial charge >= 0.3 is 5.97 Å². The van der Waals surface area contributed by atoms with Crippen LogP contribution in [-0.4, -0.2) is 40.6 Å². The Morgan fingerprint density at radius 3 is 2.58 bits per heavy atom. The lowest BCUT2D eigenvalue weighted by molar-refractivity contribution is -0.156. The van der Waals surface area contributed by atoms with E-state index in [2.05, 4.69) is 0 Å². The van der Waals surface area contributed by atoms with Gasteiger partial charge in [-0.2, -0.15) is 0 Å². The molecule has 0 bridgehead atoms. The van der Waals surface area contributed by atoms with Gasteiger partial charge in [0, 0.05) is 18.7 Å². The highest BCUT2D eigenvalue weighted by Gasteiger charge is 2.42. The summed E-state index contributed by atoms with van der Waals surface area (Å²) in [4.78, 5) is 25.5. The Kier molecular flexibility index (Phi) is 5.94. The van der Waals surface area contributed by atoms with Crippen LogP contribution in [0.5, 0.6) is 0 Å². The highest BCUT2D eigenvalue weighted by molar-refractivity contribution is 5.83. The van der Waals surface area contributed by atoms with Crippen molar-refractivity contribution in [1.29, 1.82) is 0 Å². The summed E-state index contributed by atoms with van der Waals surface area (Å²) >= 11 is 0. The van der Waals surface area contributed by atoms with Crippen LogP contribution in [0.3, 0.4) is 0 Å². The van der Waals surface area contributed by atoms with Crippen LogP contribution in [0.4, 0.5) is 4.39 Å². The number of benzene rings is 1. The summed E-state index contributed by atoms with van der Waals surface area (Å²) in [5.41, 5.74) is 0.437. The second-order valence-electron chi connectivity index (χ2n) is 6.80. The molecule has 0 spiro atoms. The van der Waals surface area contributed by atoms with Gasteiger partial charge in [0.2, 0.25) is 0 Å². The molecule has 0 unspecified atom stereocenters. The molecule has 3 atom stereocenters. The lowest BCUT2D eigenvalue weighted by atomic mass is 10.0. The summed E-state index contributed by atoms with van der Waals surface area (Å²) in [6, 6.07) is 6.34. The summed E-state index contributed by atoms with van der Waals surface area (Å²) in [5.74, 6) is -1.71. The lowest BCUT2D eigenvalue weighted by Gasteiger charge is -2.27. The summed E-state index contributed by atoms with van der Waals surface area (Å²) in [6.45, 7) is 6.31. The van der Waals surface area contributed by atoms with Crippen molar-refractivity contribution in [2.75, 3.05) is 6.54 Å². The molecule has 5 nitrogen and oxygen atoms in total. The van der Waals surface area contributed by atoms with Crippen LogP contribution in [-0.2, 0) is 20.9 Å². The number of aliphatic carboxylic acids is 1. The summed E-state index contributed by atoms with van der Waals surface area (Å²) in [7, 11) is 0. The van der Waals surface area contributed by atoms with Gasteiger partial charge in [-0.1, -0.05) is 39.0 Å². The highest BCUT2D eigenvalue weighted by atomic mass is 19.1. The molecule has 1 aromatic carbocycles. The Morgan fingerprint density at radius 1 is 1.38 bits per heavy atom. The average Bonchev–Trinajstić information content (AvgIpc) is 2.89. The Hall–Kier alpha value is -1.95. The van der Waals surface area contributed by atoms with E-state index in [0.29, 0.717) is 18.5 Å². The number of rotatable bonds is 6. The van der Waals surface area contributed by atoms with Gasteiger partial charge in [-0.25, -0.2) is 9.18 Å². The minimum Gasteiger partial charge on any atom is -0.479 e. The number of carbonyl (C=O) groups is 2. The number of amides is 1. The van der Waals surface area contributed by atoms with E-state index < -0.39 is 18.2 Å². The monoisotopic (exact) mass is 337 g/mol. The fraction of sp³-hybridized carbons (Fsp3) is 0.556. The Morgan fingerprint density at radius 2 is 2.04 bits per heavy atom. The van der Waals surface area contributed by atoms with Crippen molar-refractivity contribution in [1.82, 2.24) is 4.90 Å². The van der Waals surface area contributed by atoms with Crippen LogP contribution in [0.15, 0.2) is 24.3 Å². The molecular formula is C18H24FNO4. The summed E-state index contributed by atoms with van der Waals surface area (Å²) < 4.78 is 19.4. The molecule has 1 aliphatic rings. The van der Waals surface area contributed by atoms with Gasteiger partial charge in [0.15, 0.2) is 6.10 Å². The number of hydrogen-bond donors (Lipinski definition) is 1. The van der Waals surface area contributed by atoms with Crippen LogP contribution in [0.1, 0.15) is 32.8 Å². The van der Waals surface area contributed by atoms with E-state index in [4.69, 9.17) is 9.84 Å². The third-order valence-corrected chi connectivity index (χ3v) is 4.15. The van der Waals surface area contributed by atoms with E-state index in [-0.39, 0.29) is 30.1 Å². The van der Waals surface area contributed by atoms with E-state index in [9.17, 15) is 14.0 Å². The van der Waals surface area contributed by atoms with Crippen LogP contribution in [0.25, 0.3) is 0 Å². The third kappa shape index (κ3) is 4.32. The van der Waals surface area contributed by atoms with Gasteiger partial charge in [-0.05, 0) is 24.3 Å². The molecule has 1 aromatic rings. The van der Waals surface area contributed by atoms with Crippen molar-refractivity contribution in [3.8, 4) is 0 Å². The Bertz CT molecular complexity index is 604. The third-order valence-electron chi connectivity index (χ3n) is 4.15. The number of carboxylic acids is 1. The predicted molar refractivity (Wildman–Crippen MR) is 86.7 cm³/mol. The number of carboxylic acid groups (broad SMARTS) is 1. The maximum absolute atomic E-state index is 13.9. The van der Waals surface area contributed by atoms with Crippen molar-refractivity contribution in [2.45, 2.75) is 45.9 Å². The van der Waals surface area contributed by atoms with Gasteiger partial charge in [-0.3, -0.25) is 4.79 Å². The van der Waals surface area contributed by atoms with Crippen LogP contribution >= 0.6 is 0 Å². The van der Waals surface area contributed by atoms with Gasteiger partial charge in [0.1, 0.15) is 11.9 Å². The SMILES string of the molecule is CC(C)CN(Cc1ccccc1F)C(=O)[C@@H]1C[C@H](C)[C@@H](C(=O)O)O1. The molecule has 0 radical (unpaired) electrons. The molecule has 1 fully saturated rings. The quantitative estimate of drug-likeness (QED) is 0.867. The summed E-state index contributed by atoms with van der Waals surface area (Å²) in [6.07, 6.45) is -1.39. The predicted octanol–water partition coefficient (Wildman–Crippen LogP) is 2.69. The first-order chi connectivity index (χ1) is 11.3. The van der Waals surface area contributed by atoms with E-state index in [1.807, 2.05) is 13.8 Å². The van der Waals surface area contributed by atoms with Crippen molar-refractivity contribution in [2.24, 2.45) is 11.8 Å². The van der Waals surface area contributed by atoms with E-state index >= 15 is 0 Å². The van der Waals surface area contributed by atoms with E-state index in [0.717, 1.165) is 0 Å². The molecule has 1 aliphatic heterocycles. The summed E-state index contributed by atoms with van der Waals surface area (Å²) in [5, 5.41) is 9.14. The minimum atomic E-state index is -1.05. The molecular weight excluding hydrogens is 313 g/mol. The van der Waals surface area contributed by atoms with Gasteiger partial charge < -0.3 is 14.7 Å². The number of hydrogen-bond acceptors (Lipinski definition) is 3. The Labute approximate surface area is 141 Å². The van der Waals surface area contributed by atoms with Crippen molar-refractivity contribution < 1.29 is 23.8 Å².